The lowest BCUT2D eigenvalue weighted by atomic mass is 10.1. The van der Waals surface area contributed by atoms with Crippen molar-refractivity contribution in [1.29, 1.82) is 0 Å². The molecule has 2 aliphatic rings. The van der Waals surface area contributed by atoms with Crippen LogP contribution in [0.15, 0.2) is 54.7 Å². The molecule has 1 aliphatic carbocycles. The van der Waals surface area contributed by atoms with Crippen molar-refractivity contribution in [1.82, 2.24) is 15.1 Å². The number of ether oxygens (including phenoxy) is 1. The number of aromatic amines is 1. The maximum absolute atomic E-state index is 6.73. The smallest absolute Gasteiger partial charge is 0.140 e. The number of H-pyrrole nitrogens is 1. The summed E-state index contributed by atoms with van der Waals surface area (Å²) in [5.41, 5.74) is 10.4. The number of nitrogens with two attached hydrogens (primary N) is 1. The second-order valence-corrected chi connectivity index (χ2v) is 8.44. The van der Waals surface area contributed by atoms with Crippen LogP contribution in [-0.4, -0.2) is 40.8 Å². The molecule has 6 heteroatoms. The zero-order valence-corrected chi connectivity index (χ0v) is 17.0. The summed E-state index contributed by atoms with van der Waals surface area (Å²) in [5.74, 6) is 1.40. The van der Waals surface area contributed by atoms with Crippen molar-refractivity contribution in [2.24, 2.45) is 11.7 Å². The first kappa shape index (κ1) is 18.7. The molecule has 3 atom stereocenters. The number of benzene rings is 2. The Hall–Kier alpha value is -2.34. The number of fused-ring (bicyclic) bond motifs is 1. The summed E-state index contributed by atoms with van der Waals surface area (Å²) in [6.45, 7) is 2.88. The highest BCUT2D eigenvalue weighted by molar-refractivity contribution is 6.30. The molecule has 0 radical (unpaired) electrons. The first-order chi connectivity index (χ1) is 14.2. The molecule has 2 aromatic carbocycles. The molecule has 1 fully saturated rings. The second-order valence-electron chi connectivity index (χ2n) is 8.00. The van der Waals surface area contributed by atoms with Crippen LogP contribution in [0.5, 0.6) is 5.75 Å². The summed E-state index contributed by atoms with van der Waals surface area (Å²) >= 11 is 6.29. The fourth-order valence-corrected chi connectivity index (χ4v) is 4.89. The molecule has 1 saturated heterocycles. The minimum atomic E-state index is -0.0226. The van der Waals surface area contributed by atoms with Gasteiger partial charge in [-0.2, -0.15) is 5.10 Å². The quantitative estimate of drug-likeness (QED) is 0.668. The maximum atomic E-state index is 6.73. The predicted molar refractivity (Wildman–Crippen MR) is 115 cm³/mol. The van der Waals surface area contributed by atoms with E-state index in [0.29, 0.717) is 17.0 Å². The predicted octanol–water partition coefficient (Wildman–Crippen LogP) is 4.06. The van der Waals surface area contributed by atoms with E-state index in [0.717, 1.165) is 49.5 Å². The molecule has 3 aromatic rings. The third kappa shape index (κ3) is 3.54. The fraction of sp³-hybridized carbons (Fsp3) is 0.348. The molecule has 5 nitrogen and oxygen atoms in total. The molecule has 0 bridgehead atoms. The number of nitrogens with zero attached hydrogens (tertiary/aromatic N) is 2. The normalized spacial score (nSPS) is 24.0. The van der Waals surface area contributed by atoms with Crippen molar-refractivity contribution in [3.05, 3.63) is 70.9 Å². The molecular formula is C23H25ClN4O. The van der Waals surface area contributed by atoms with Gasteiger partial charge >= 0.3 is 0 Å². The zero-order chi connectivity index (χ0) is 19.8. The number of hydrogen-bond acceptors (Lipinski definition) is 4. The molecule has 3 N–H and O–H groups in total. The maximum Gasteiger partial charge on any atom is 0.140 e. The number of rotatable bonds is 5. The Kier molecular flexibility index (Phi) is 5.04. The van der Waals surface area contributed by atoms with Crippen molar-refractivity contribution in [3.8, 4) is 17.0 Å². The third-order valence-corrected chi connectivity index (χ3v) is 6.48. The van der Waals surface area contributed by atoms with E-state index >= 15 is 0 Å². The summed E-state index contributed by atoms with van der Waals surface area (Å²) in [7, 11) is 0. The van der Waals surface area contributed by atoms with E-state index in [2.05, 4.69) is 39.4 Å². The second kappa shape index (κ2) is 7.82. The average molecular weight is 409 g/mol. The molecule has 0 amide bonds. The SMILES string of the molecule is NCC1CCN(C2Cc3ccccc3C2Oc2ccc(Cl)cc2-c2ccn[nH]2)C1. The van der Waals surface area contributed by atoms with Gasteiger partial charge in [-0.1, -0.05) is 35.9 Å². The topological polar surface area (TPSA) is 67.2 Å². The number of aromatic nitrogens is 2. The van der Waals surface area contributed by atoms with Crippen LogP contribution in [0.2, 0.25) is 5.02 Å². The minimum absolute atomic E-state index is 0.0226. The Morgan fingerprint density at radius 1 is 1.21 bits per heavy atom. The van der Waals surface area contributed by atoms with Crippen LogP contribution in [0.1, 0.15) is 23.7 Å². The minimum Gasteiger partial charge on any atom is -0.483 e. The van der Waals surface area contributed by atoms with Crippen LogP contribution < -0.4 is 10.5 Å². The van der Waals surface area contributed by atoms with E-state index < -0.39 is 0 Å². The van der Waals surface area contributed by atoms with Crippen molar-refractivity contribution < 1.29 is 4.74 Å². The van der Waals surface area contributed by atoms with Crippen LogP contribution in [0, 0.1) is 5.92 Å². The Morgan fingerprint density at radius 2 is 2.10 bits per heavy atom. The molecule has 29 heavy (non-hydrogen) atoms. The summed E-state index contributed by atoms with van der Waals surface area (Å²) in [4.78, 5) is 2.56. The Labute approximate surface area is 175 Å². The number of halogens is 1. The van der Waals surface area contributed by atoms with Crippen LogP contribution in [0.25, 0.3) is 11.3 Å². The van der Waals surface area contributed by atoms with Gasteiger partial charge < -0.3 is 10.5 Å². The lowest BCUT2D eigenvalue weighted by molar-refractivity contribution is 0.0921. The highest BCUT2D eigenvalue weighted by atomic mass is 35.5. The van der Waals surface area contributed by atoms with Crippen LogP contribution >= 0.6 is 11.6 Å². The molecule has 1 aromatic heterocycles. The first-order valence-electron chi connectivity index (χ1n) is 10.2. The molecular weight excluding hydrogens is 384 g/mol. The van der Waals surface area contributed by atoms with Gasteiger partial charge in [-0.3, -0.25) is 10.00 Å². The molecule has 150 valence electrons. The first-order valence-corrected chi connectivity index (χ1v) is 10.6. The standard InChI is InChI=1S/C23H25ClN4O/c24-17-5-6-22(19(12-17)20-7-9-26-27-20)29-23-18-4-2-1-3-16(18)11-21(23)28-10-8-15(13-25)14-28/h1-7,9,12,15,21,23H,8,10-11,13-14,25H2,(H,26,27). The van der Waals surface area contributed by atoms with Gasteiger partial charge in [0.1, 0.15) is 11.9 Å². The van der Waals surface area contributed by atoms with Crippen molar-refractivity contribution >= 4 is 11.6 Å². The van der Waals surface area contributed by atoms with E-state index in [1.54, 1.807) is 6.20 Å². The van der Waals surface area contributed by atoms with E-state index in [1.807, 2.05) is 24.3 Å². The van der Waals surface area contributed by atoms with Gasteiger partial charge in [-0.05, 0) is 67.2 Å². The van der Waals surface area contributed by atoms with Crippen LogP contribution in [0.4, 0.5) is 0 Å². The van der Waals surface area contributed by atoms with Crippen molar-refractivity contribution in [2.45, 2.75) is 25.0 Å². The lowest BCUT2D eigenvalue weighted by Gasteiger charge is -2.31. The van der Waals surface area contributed by atoms with Gasteiger partial charge in [0, 0.05) is 23.3 Å². The Bertz CT molecular complexity index is 990. The molecule has 3 unspecified atom stereocenters. The van der Waals surface area contributed by atoms with Crippen LogP contribution in [-0.2, 0) is 6.42 Å². The third-order valence-electron chi connectivity index (χ3n) is 6.25. The zero-order valence-electron chi connectivity index (χ0n) is 16.2. The highest BCUT2D eigenvalue weighted by Crippen LogP contribution is 2.42. The number of hydrogen-bond donors (Lipinski definition) is 2. The number of likely N-dealkylation sites (tertiary alicyclic amines) is 1. The molecule has 2 heterocycles. The largest absolute Gasteiger partial charge is 0.483 e. The van der Waals surface area contributed by atoms with E-state index in [1.165, 1.54) is 11.1 Å². The summed E-state index contributed by atoms with van der Waals surface area (Å²) in [6.07, 6.45) is 3.89. The monoisotopic (exact) mass is 408 g/mol. The van der Waals surface area contributed by atoms with E-state index in [9.17, 15) is 0 Å². The van der Waals surface area contributed by atoms with Crippen molar-refractivity contribution in [2.75, 3.05) is 19.6 Å². The van der Waals surface area contributed by atoms with Gasteiger partial charge in [0.15, 0.2) is 0 Å². The number of nitrogens with one attached hydrogen (secondary N) is 1. The van der Waals surface area contributed by atoms with Gasteiger partial charge in [0.05, 0.1) is 11.7 Å². The van der Waals surface area contributed by atoms with E-state index in [4.69, 9.17) is 22.1 Å². The lowest BCUT2D eigenvalue weighted by Crippen LogP contribution is -2.39. The van der Waals surface area contributed by atoms with Gasteiger partial charge in [0.2, 0.25) is 0 Å². The van der Waals surface area contributed by atoms with Gasteiger partial charge in [-0.25, -0.2) is 0 Å². The fourth-order valence-electron chi connectivity index (χ4n) is 4.71. The van der Waals surface area contributed by atoms with Crippen molar-refractivity contribution in [3.63, 3.8) is 0 Å². The Balaban J connectivity index is 1.50. The Morgan fingerprint density at radius 3 is 2.90 bits per heavy atom. The molecule has 1 aliphatic heterocycles. The van der Waals surface area contributed by atoms with Crippen LogP contribution in [0.3, 0.4) is 0 Å². The van der Waals surface area contributed by atoms with E-state index in [-0.39, 0.29) is 6.10 Å². The molecule has 0 spiro atoms. The highest BCUT2D eigenvalue weighted by Gasteiger charge is 2.40. The molecule has 5 rings (SSSR count). The summed E-state index contributed by atoms with van der Waals surface area (Å²) < 4.78 is 6.73. The average Bonchev–Trinajstić information content (AvgIpc) is 3.49. The summed E-state index contributed by atoms with van der Waals surface area (Å²) in [5, 5.41) is 7.80. The molecule has 0 saturated carbocycles. The van der Waals surface area contributed by atoms with Gasteiger partial charge in [0.25, 0.3) is 0 Å². The van der Waals surface area contributed by atoms with Gasteiger partial charge in [-0.15, -0.1) is 0 Å². The summed E-state index contributed by atoms with van der Waals surface area (Å²) in [6, 6.07) is 16.7.